The second kappa shape index (κ2) is 9.12. The first-order valence-corrected chi connectivity index (χ1v) is 9.04. The Labute approximate surface area is 160 Å². The maximum Gasteiger partial charge on any atom is 0.251 e. The van der Waals surface area contributed by atoms with E-state index in [0.29, 0.717) is 24.2 Å². The number of nitrogens with zero attached hydrogens (tertiary/aromatic N) is 1. The van der Waals surface area contributed by atoms with Crippen LogP contribution >= 0.6 is 0 Å². The van der Waals surface area contributed by atoms with Crippen molar-refractivity contribution in [2.24, 2.45) is 5.18 Å². The second-order valence-electron chi connectivity index (χ2n) is 7.54. The molecule has 1 aromatic carbocycles. The molecule has 5 heteroatoms. The molecule has 5 nitrogen and oxygen atoms in total. The summed E-state index contributed by atoms with van der Waals surface area (Å²) < 4.78 is 0. The lowest BCUT2D eigenvalue weighted by molar-refractivity contribution is 0.0954. The molecule has 0 aliphatic rings. The molecule has 0 aliphatic heterocycles. The normalized spacial score (nSPS) is 10.8. The van der Waals surface area contributed by atoms with Crippen LogP contribution in [0.25, 0.3) is 0 Å². The molecule has 0 aliphatic carbocycles. The van der Waals surface area contributed by atoms with E-state index in [1.54, 1.807) is 12.1 Å². The first kappa shape index (κ1) is 20.4. The van der Waals surface area contributed by atoms with E-state index in [4.69, 9.17) is 0 Å². The predicted octanol–water partition coefficient (Wildman–Crippen LogP) is 5.12. The Hall–Kier alpha value is -2.95. The smallest absolute Gasteiger partial charge is 0.251 e. The van der Waals surface area contributed by atoms with E-state index in [1.165, 1.54) is 17.7 Å². The fourth-order valence-corrected chi connectivity index (χ4v) is 2.62. The molecule has 0 atom stereocenters. The number of aromatic amines is 1. The van der Waals surface area contributed by atoms with E-state index in [9.17, 15) is 9.70 Å². The van der Waals surface area contributed by atoms with Gasteiger partial charge in [-0.3, -0.25) is 4.79 Å². The number of H-pyrrole nitrogens is 1. The average Bonchev–Trinajstić information content (AvgIpc) is 2.72. The van der Waals surface area contributed by atoms with Crippen LogP contribution in [0.5, 0.6) is 0 Å². The summed E-state index contributed by atoms with van der Waals surface area (Å²) in [6.07, 6.45) is 4.72. The van der Waals surface area contributed by atoms with Gasteiger partial charge in [0.2, 0.25) is 0 Å². The van der Waals surface area contributed by atoms with Gasteiger partial charge < -0.3 is 10.3 Å². The van der Waals surface area contributed by atoms with E-state index in [0.717, 1.165) is 11.1 Å². The minimum Gasteiger partial charge on any atom is -0.367 e. The van der Waals surface area contributed by atoms with Gasteiger partial charge in [-0.25, -0.2) is 0 Å². The maximum absolute atomic E-state index is 12.2. The highest BCUT2D eigenvalue weighted by Crippen LogP contribution is 2.20. The molecule has 0 spiro atoms. The van der Waals surface area contributed by atoms with Crippen LogP contribution in [-0.2, 0) is 11.8 Å². The molecule has 0 saturated carbocycles. The molecule has 2 rings (SSSR count). The Morgan fingerprint density at radius 1 is 1.07 bits per heavy atom. The van der Waals surface area contributed by atoms with Crippen molar-refractivity contribution in [1.82, 2.24) is 10.3 Å². The molecule has 1 aromatic heterocycles. The summed E-state index contributed by atoms with van der Waals surface area (Å²) >= 11 is 0. The quantitative estimate of drug-likeness (QED) is 0.722. The molecule has 2 N–H and O–H groups in total. The Balaban J connectivity index is 2.07. The van der Waals surface area contributed by atoms with Gasteiger partial charge in [0, 0.05) is 24.5 Å². The van der Waals surface area contributed by atoms with Crippen molar-refractivity contribution in [1.29, 1.82) is 0 Å². The summed E-state index contributed by atoms with van der Waals surface area (Å²) in [4.78, 5) is 25.9. The SMILES string of the molecule is Cc1cccc(C(C)(C)C)c[nH]cc1CCNC(=O)c1ccc(N=O)cc1. The summed E-state index contributed by atoms with van der Waals surface area (Å²) in [7, 11) is 0. The molecule has 1 heterocycles. The summed E-state index contributed by atoms with van der Waals surface area (Å²) in [6.45, 7) is 9.11. The Kier molecular flexibility index (Phi) is 6.88. The molecule has 0 radical (unpaired) electrons. The minimum absolute atomic E-state index is 0.0620. The van der Waals surface area contributed by atoms with Gasteiger partial charge in [0.25, 0.3) is 5.91 Å². The number of aromatic nitrogens is 1. The molecule has 0 fully saturated rings. The van der Waals surface area contributed by atoms with Gasteiger partial charge >= 0.3 is 0 Å². The predicted molar refractivity (Wildman–Crippen MR) is 110 cm³/mol. The van der Waals surface area contributed by atoms with Crippen LogP contribution in [0.3, 0.4) is 0 Å². The molecule has 2 aromatic rings. The Morgan fingerprint density at radius 3 is 2.41 bits per heavy atom. The van der Waals surface area contributed by atoms with Gasteiger partial charge in [-0.1, -0.05) is 39.0 Å². The third-order valence-electron chi connectivity index (χ3n) is 4.41. The first-order chi connectivity index (χ1) is 12.8. The highest BCUT2D eigenvalue weighted by atomic mass is 16.3. The Morgan fingerprint density at radius 2 is 1.78 bits per heavy atom. The zero-order chi connectivity index (χ0) is 19.9. The number of aryl methyl sites for hydroxylation is 1. The van der Waals surface area contributed by atoms with Gasteiger partial charge in [0.15, 0.2) is 0 Å². The van der Waals surface area contributed by atoms with Gasteiger partial charge in [-0.05, 0) is 64.9 Å². The van der Waals surface area contributed by atoms with E-state index in [1.807, 2.05) is 12.4 Å². The number of hydrogen-bond acceptors (Lipinski definition) is 3. The summed E-state index contributed by atoms with van der Waals surface area (Å²) in [5, 5.41) is 5.75. The first-order valence-electron chi connectivity index (χ1n) is 9.04. The highest BCUT2D eigenvalue weighted by molar-refractivity contribution is 5.94. The highest BCUT2D eigenvalue weighted by Gasteiger charge is 2.11. The molecular formula is C22H27N3O2. The van der Waals surface area contributed by atoms with Crippen LogP contribution in [0.15, 0.2) is 60.0 Å². The number of carbonyl (C=O) groups excluding carboxylic acids is 1. The van der Waals surface area contributed by atoms with Gasteiger partial charge in [0.1, 0.15) is 5.69 Å². The van der Waals surface area contributed by atoms with Gasteiger partial charge in [-0.15, -0.1) is 4.91 Å². The molecule has 1 amide bonds. The molecule has 142 valence electrons. The molecule has 0 unspecified atom stereocenters. The standard InChI is InChI=1S/C22H27N3O2/c1-16-6-5-7-19(22(2,3)4)15-23-14-18(16)12-13-24-21(26)17-8-10-20(25-27)11-9-17/h5-11,14-15,23H,12-13H2,1-4H3,(H,24,26). The average molecular weight is 365 g/mol. The monoisotopic (exact) mass is 365 g/mol. The number of nitroso groups, excluding NO2 is 1. The molecule has 27 heavy (non-hydrogen) atoms. The lowest BCUT2D eigenvalue weighted by Gasteiger charge is -2.17. The van der Waals surface area contributed by atoms with Crippen LogP contribution < -0.4 is 5.32 Å². The summed E-state index contributed by atoms with van der Waals surface area (Å²) in [5.41, 5.74) is 4.38. The summed E-state index contributed by atoms with van der Waals surface area (Å²) in [6, 6.07) is 12.5. The number of carbonyl (C=O) groups is 1. The Bertz CT molecular complexity index is 845. The fraction of sp³-hybridized carbons (Fsp3) is 0.318. The molecule has 0 saturated heterocycles. The van der Waals surface area contributed by atoms with E-state index in [2.05, 4.69) is 61.4 Å². The third kappa shape index (κ3) is 6.06. The van der Waals surface area contributed by atoms with Crippen molar-refractivity contribution in [2.45, 2.75) is 39.5 Å². The number of benzene rings is 1. The van der Waals surface area contributed by atoms with Crippen LogP contribution in [0.2, 0.25) is 0 Å². The zero-order valence-electron chi connectivity index (χ0n) is 16.4. The number of hydrogen-bond donors (Lipinski definition) is 2. The van der Waals surface area contributed by atoms with Crippen LogP contribution in [0.4, 0.5) is 5.69 Å². The fourth-order valence-electron chi connectivity index (χ4n) is 2.62. The number of nitrogens with one attached hydrogen (secondary N) is 2. The zero-order valence-corrected chi connectivity index (χ0v) is 16.4. The van der Waals surface area contributed by atoms with Crippen LogP contribution in [0.1, 0.15) is 47.8 Å². The van der Waals surface area contributed by atoms with E-state index < -0.39 is 0 Å². The molecular weight excluding hydrogens is 338 g/mol. The van der Waals surface area contributed by atoms with Crippen LogP contribution in [-0.4, -0.2) is 17.4 Å². The largest absolute Gasteiger partial charge is 0.367 e. The number of amides is 1. The lowest BCUT2D eigenvalue weighted by Crippen LogP contribution is -2.25. The minimum atomic E-state index is -0.166. The van der Waals surface area contributed by atoms with Crippen molar-refractivity contribution in [3.05, 3.63) is 82.0 Å². The molecule has 0 bridgehead atoms. The summed E-state index contributed by atoms with van der Waals surface area (Å²) in [5.74, 6) is -0.166. The van der Waals surface area contributed by atoms with Crippen molar-refractivity contribution in [3.63, 3.8) is 0 Å². The van der Waals surface area contributed by atoms with Crippen molar-refractivity contribution in [3.8, 4) is 0 Å². The van der Waals surface area contributed by atoms with Gasteiger partial charge in [0.05, 0.1) is 0 Å². The second-order valence-corrected chi connectivity index (χ2v) is 7.54. The lowest BCUT2D eigenvalue weighted by atomic mass is 9.89. The maximum atomic E-state index is 12.2. The third-order valence-corrected chi connectivity index (χ3v) is 4.41. The topological polar surface area (TPSA) is 74.3 Å². The van der Waals surface area contributed by atoms with Gasteiger partial charge in [-0.2, -0.15) is 0 Å². The van der Waals surface area contributed by atoms with Crippen molar-refractivity contribution >= 4 is 11.6 Å². The number of rotatable bonds is 5. The van der Waals surface area contributed by atoms with E-state index >= 15 is 0 Å². The van der Waals surface area contributed by atoms with Crippen molar-refractivity contribution < 1.29 is 4.79 Å². The van der Waals surface area contributed by atoms with Crippen molar-refractivity contribution in [2.75, 3.05) is 6.54 Å². The van der Waals surface area contributed by atoms with Crippen LogP contribution in [0, 0.1) is 11.8 Å². The van der Waals surface area contributed by atoms with E-state index in [-0.39, 0.29) is 11.3 Å².